The lowest BCUT2D eigenvalue weighted by molar-refractivity contribution is 0.0162. The molecule has 3 heteroatoms. The minimum absolute atomic E-state index is 0.676. The second-order valence-electron chi connectivity index (χ2n) is 5.60. The van der Waals surface area contributed by atoms with Crippen LogP contribution in [0.3, 0.4) is 0 Å². The molecule has 0 aromatic heterocycles. The molecule has 0 aliphatic heterocycles. The van der Waals surface area contributed by atoms with Gasteiger partial charge in [0.2, 0.25) is 0 Å². The Bertz CT molecular complexity index is 156. The number of hydrogen-bond donors (Lipinski definition) is 0. The lowest BCUT2D eigenvalue weighted by atomic mass is 10.1. The fourth-order valence-electron chi connectivity index (χ4n) is 2.28. The van der Waals surface area contributed by atoms with Crippen molar-refractivity contribution in [2.75, 3.05) is 39.6 Å². The zero-order valence-electron chi connectivity index (χ0n) is 14.5. The maximum atomic E-state index is 5.55. The molecule has 0 aliphatic rings. The molecule has 21 heavy (non-hydrogen) atoms. The molecule has 0 fully saturated rings. The van der Waals surface area contributed by atoms with E-state index in [2.05, 4.69) is 6.92 Å². The van der Waals surface area contributed by atoms with E-state index in [1.165, 1.54) is 64.2 Å². The molecule has 0 bridgehead atoms. The molecule has 0 aliphatic carbocycles. The van der Waals surface area contributed by atoms with E-state index in [1.54, 1.807) is 0 Å². The van der Waals surface area contributed by atoms with Gasteiger partial charge in [0.1, 0.15) is 0 Å². The zero-order chi connectivity index (χ0) is 15.4. The van der Waals surface area contributed by atoms with Gasteiger partial charge in [0, 0.05) is 13.2 Å². The summed E-state index contributed by atoms with van der Waals surface area (Å²) in [5.41, 5.74) is 0. The normalized spacial score (nSPS) is 11.1. The molecule has 0 heterocycles. The number of rotatable bonds is 18. The lowest BCUT2D eigenvalue weighted by Gasteiger charge is -2.06. The highest BCUT2D eigenvalue weighted by molar-refractivity contribution is 4.47. The van der Waals surface area contributed by atoms with Gasteiger partial charge in [-0.25, -0.2) is 0 Å². The zero-order valence-corrected chi connectivity index (χ0v) is 14.5. The second kappa shape index (κ2) is 19.9. The quantitative estimate of drug-likeness (QED) is 0.334. The third-order valence-corrected chi connectivity index (χ3v) is 3.59. The molecular formula is C18H38O3. The first-order chi connectivity index (χ1) is 10.4. The van der Waals surface area contributed by atoms with Crippen molar-refractivity contribution < 1.29 is 14.2 Å². The van der Waals surface area contributed by atoms with Gasteiger partial charge < -0.3 is 14.2 Å². The molecule has 0 saturated carbocycles. The third-order valence-electron chi connectivity index (χ3n) is 3.59. The minimum atomic E-state index is 0.676. The van der Waals surface area contributed by atoms with E-state index in [9.17, 15) is 0 Å². The van der Waals surface area contributed by atoms with Crippen molar-refractivity contribution in [1.82, 2.24) is 0 Å². The average Bonchev–Trinajstić information content (AvgIpc) is 2.50. The SMILES string of the molecule is CCCCCCCCCCCCOCCOCCOCC. The van der Waals surface area contributed by atoms with E-state index < -0.39 is 0 Å². The van der Waals surface area contributed by atoms with Crippen LogP contribution in [0.4, 0.5) is 0 Å². The Kier molecular flexibility index (Phi) is 19.8. The van der Waals surface area contributed by atoms with Crippen molar-refractivity contribution in [3.63, 3.8) is 0 Å². The predicted octanol–water partition coefficient (Wildman–Crippen LogP) is 4.98. The van der Waals surface area contributed by atoms with Crippen LogP contribution in [0.2, 0.25) is 0 Å². The summed E-state index contributed by atoms with van der Waals surface area (Å²) in [6, 6.07) is 0. The molecule has 0 atom stereocenters. The van der Waals surface area contributed by atoms with E-state index in [0.29, 0.717) is 26.4 Å². The number of ether oxygens (including phenoxy) is 3. The van der Waals surface area contributed by atoms with Crippen LogP contribution in [0, 0.1) is 0 Å². The summed E-state index contributed by atoms with van der Waals surface area (Å²) in [5.74, 6) is 0. The van der Waals surface area contributed by atoms with Gasteiger partial charge in [-0.2, -0.15) is 0 Å². The molecule has 0 aromatic carbocycles. The molecule has 0 unspecified atom stereocenters. The fraction of sp³-hybridized carbons (Fsp3) is 1.00. The Morgan fingerprint density at radius 1 is 0.429 bits per heavy atom. The van der Waals surface area contributed by atoms with E-state index >= 15 is 0 Å². The number of unbranched alkanes of at least 4 members (excludes halogenated alkanes) is 9. The summed E-state index contributed by atoms with van der Waals surface area (Å²) in [7, 11) is 0. The maximum Gasteiger partial charge on any atom is 0.0701 e. The van der Waals surface area contributed by atoms with Crippen LogP contribution in [0.5, 0.6) is 0 Å². The van der Waals surface area contributed by atoms with Gasteiger partial charge >= 0.3 is 0 Å². The van der Waals surface area contributed by atoms with Crippen molar-refractivity contribution in [3.05, 3.63) is 0 Å². The summed E-state index contributed by atoms with van der Waals surface area (Å²) in [6.45, 7) is 8.67. The van der Waals surface area contributed by atoms with Gasteiger partial charge in [0.25, 0.3) is 0 Å². The van der Waals surface area contributed by atoms with Crippen LogP contribution in [0.15, 0.2) is 0 Å². The maximum absolute atomic E-state index is 5.55. The van der Waals surface area contributed by atoms with Gasteiger partial charge in [0.05, 0.1) is 26.4 Å². The first-order valence-electron chi connectivity index (χ1n) is 9.15. The van der Waals surface area contributed by atoms with Crippen LogP contribution in [-0.4, -0.2) is 39.6 Å². The Labute approximate surface area is 132 Å². The highest BCUT2D eigenvalue weighted by Crippen LogP contribution is 2.10. The van der Waals surface area contributed by atoms with Crippen molar-refractivity contribution in [1.29, 1.82) is 0 Å². The smallest absolute Gasteiger partial charge is 0.0701 e. The molecule has 0 spiro atoms. The first-order valence-corrected chi connectivity index (χ1v) is 9.15. The van der Waals surface area contributed by atoms with Crippen LogP contribution in [0.1, 0.15) is 78.1 Å². The van der Waals surface area contributed by atoms with Gasteiger partial charge in [-0.3, -0.25) is 0 Å². The van der Waals surface area contributed by atoms with Gasteiger partial charge in [-0.05, 0) is 13.3 Å². The molecular weight excluding hydrogens is 264 g/mol. The largest absolute Gasteiger partial charge is 0.379 e. The molecule has 0 amide bonds. The molecule has 0 aromatic rings. The highest BCUT2D eigenvalue weighted by Gasteiger charge is 1.94. The van der Waals surface area contributed by atoms with Crippen molar-refractivity contribution in [3.8, 4) is 0 Å². The van der Waals surface area contributed by atoms with Crippen molar-refractivity contribution >= 4 is 0 Å². The molecule has 0 saturated heterocycles. The van der Waals surface area contributed by atoms with E-state index in [0.717, 1.165) is 13.2 Å². The summed E-state index contributed by atoms with van der Waals surface area (Å²) < 4.78 is 16.1. The average molecular weight is 302 g/mol. The van der Waals surface area contributed by atoms with E-state index in [4.69, 9.17) is 14.2 Å². The molecule has 0 N–H and O–H groups in total. The third kappa shape index (κ3) is 19.9. The van der Waals surface area contributed by atoms with Crippen LogP contribution in [-0.2, 0) is 14.2 Å². The Balaban J connectivity index is 2.90. The van der Waals surface area contributed by atoms with Gasteiger partial charge in [0.15, 0.2) is 0 Å². The molecule has 128 valence electrons. The molecule has 0 radical (unpaired) electrons. The van der Waals surface area contributed by atoms with Crippen LogP contribution in [0.25, 0.3) is 0 Å². The van der Waals surface area contributed by atoms with E-state index in [-0.39, 0.29) is 0 Å². The van der Waals surface area contributed by atoms with Crippen LogP contribution < -0.4 is 0 Å². The summed E-state index contributed by atoms with van der Waals surface area (Å²) in [4.78, 5) is 0. The summed E-state index contributed by atoms with van der Waals surface area (Å²) >= 11 is 0. The Morgan fingerprint density at radius 2 is 0.857 bits per heavy atom. The predicted molar refractivity (Wildman–Crippen MR) is 90.0 cm³/mol. The fourth-order valence-corrected chi connectivity index (χ4v) is 2.28. The Hall–Kier alpha value is -0.120. The first kappa shape index (κ1) is 20.9. The Morgan fingerprint density at radius 3 is 1.38 bits per heavy atom. The van der Waals surface area contributed by atoms with Gasteiger partial charge in [-0.1, -0.05) is 64.7 Å². The number of hydrogen-bond acceptors (Lipinski definition) is 3. The van der Waals surface area contributed by atoms with Crippen LogP contribution >= 0.6 is 0 Å². The second-order valence-corrected chi connectivity index (χ2v) is 5.60. The van der Waals surface area contributed by atoms with Crippen molar-refractivity contribution in [2.45, 2.75) is 78.1 Å². The monoisotopic (exact) mass is 302 g/mol. The van der Waals surface area contributed by atoms with Gasteiger partial charge in [-0.15, -0.1) is 0 Å². The standard InChI is InChI=1S/C18H38O3/c1-3-5-6-7-8-9-10-11-12-13-14-20-17-18-21-16-15-19-4-2/h3-18H2,1-2H3. The lowest BCUT2D eigenvalue weighted by Crippen LogP contribution is -2.09. The minimum Gasteiger partial charge on any atom is -0.379 e. The molecule has 0 rings (SSSR count). The summed E-state index contributed by atoms with van der Waals surface area (Å²) in [6.07, 6.45) is 13.7. The van der Waals surface area contributed by atoms with Crippen molar-refractivity contribution in [2.24, 2.45) is 0 Å². The topological polar surface area (TPSA) is 27.7 Å². The highest BCUT2D eigenvalue weighted by atomic mass is 16.5. The molecule has 3 nitrogen and oxygen atoms in total. The van der Waals surface area contributed by atoms with E-state index in [1.807, 2.05) is 6.92 Å². The summed E-state index contributed by atoms with van der Waals surface area (Å²) in [5, 5.41) is 0.